The maximum atomic E-state index is 5.88. The van der Waals surface area contributed by atoms with E-state index in [1.165, 1.54) is 64.2 Å². The smallest absolute Gasteiger partial charge is 0.0808 e. The van der Waals surface area contributed by atoms with Crippen LogP contribution in [0.3, 0.4) is 0 Å². The Balaban J connectivity index is 3.52. The summed E-state index contributed by atoms with van der Waals surface area (Å²) in [5.41, 5.74) is -0.0757. The Bertz CT molecular complexity index is 352. The number of hydrogen-bond acceptors (Lipinski definition) is 2. The fraction of sp³-hybridized carbons (Fsp3) is 0.840. The van der Waals surface area contributed by atoms with Gasteiger partial charge in [0.25, 0.3) is 0 Å². The van der Waals surface area contributed by atoms with Gasteiger partial charge in [-0.25, -0.2) is 0 Å². The minimum Gasteiger partial charge on any atom is -0.376 e. The first-order valence-corrected chi connectivity index (χ1v) is 11.5. The first kappa shape index (κ1) is 26.4. The maximum absolute atomic E-state index is 5.88. The van der Waals surface area contributed by atoms with E-state index in [0.717, 1.165) is 26.1 Å². The normalized spacial score (nSPS) is 13.8. The summed E-state index contributed by atoms with van der Waals surface area (Å²) in [5.74, 6) is 0. The molecule has 1 atom stereocenters. The first-order valence-electron chi connectivity index (χ1n) is 11.5. The molecule has 0 aromatic heterocycles. The average Bonchev–Trinajstić information content (AvgIpc) is 2.62. The molecule has 0 fully saturated rings. The summed E-state index contributed by atoms with van der Waals surface area (Å²) >= 11 is 0. The van der Waals surface area contributed by atoms with Gasteiger partial charge in [-0.3, -0.25) is 0 Å². The zero-order chi connectivity index (χ0) is 20.2. The SMILES string of the molecule is CCCCC/C=C\C/C=C\CCCCCCCC(COC(C)(C)C)OCC. The average molecular weight is 381 g/mol. The van der Waals surface area contributed by atoms with Crippen molar-refractivity contribution in [2.24, 2.45) is 0 Å². The predicted molar refractivity (Wildman–Crippen MR) is 120 cm³/mol. The number of unbranched alkanes of at least 4 members (excludes halogenated alkanes) is 8. The van der Waals surface area contributed by atoms with Gasteiger partial charge in [0.2, 0.25) is 0 Å². The molecule has 2 heteroatoms. The van der Waals surface area contributed by atoms with E-state index in [9.17, 15) is 0 Å². The molecule has 2 nitrogen and oxygen atoms in total. The second kappa shape index (κ2) is 18.7. The van der Waals surface area contributed by atoms with Crippen LogP contribution in [0.2, 0.25) is 0 Å². The van der Waals surface area contributed by atoms with Crippen LogP contribution < -0.4 is 0 Å². The van der Waals surface area contributed by atoms with Gasteiger partial charge in [-0.1, -0.05) is 69.8 Å². The third kappa shape index (κ3) is 21.6. The second-order valence-corrected chi connectivity index (χ2v) is 8.52. The summed E-state index contributed by atoms with van der Waals surface area (Å²) in [6, 6.07) is 0. The van der Waals surface area contributed by atoms with Gasteiger partial charge in [-0.15, -0.1) is 0 Å². The molecule has 0 saturated carbocycles. The molecule has 0 N–H and O–H groups in total. The summed E-state index contributed by atoms with van der Waals surface area (Å²) in [4.78, 5) is 0. The molecule has 0 heterocycles. The minimum absolute atomic E-state index is 0.0757. The Hall–Kier alpha value is -0.600. The summed E-state index contributed by atoms with van der Waals surface area (Å²) in [6.45, 7) is 12.1. The molecule has 0 aliphatic carbocycles. The Labute approximate surface area is 170 Å². The molecule has 0 aromatic carbocycles. The zero-order valence-corrected chi connectivity index (χ0v) is 19.1. The summed E-state index contributed by atoms with van der Waals surface area (Å²) < 4.78 is 11.7. The minimum atomic E-state index is -0.0757. The van der Waals surface area contributed by atoms with Crippen LogP contribution in [-0.4, -0.2) is 24.9 Å². The van der Waals surface area contributed by atoms with Crippen molar-refractivity contribution in [1.29, 1.82) is 0 Å². The molecule has 160 valence electrons. The van der Waals surface area contributed by atoms with E-state index in [1.54, 1.807) is 0 Å². The summed E-state index contributed by atoms with van der Waals surface area (Å²) in [5, 5.41) is 0. The van der Waals surface area contributed by atoms with Gasteiger partial charge in [0.15, 0.2) is 0 Å². The van der Waals surface area contributed by atoms with Gasteiger partial charge in [-0.05, 0) is 66.2 Å². The highest BCUT2D eigenvalue weighted by Gasteiger charge is 2.15. The van der Waals surface area contributed by atoms with Gasteiger partial charge in [-0.2, -0.15) is 0 Å². The second-order valence-electron chi connectivity index (χ2n) is 8.52. The molecule has 0 saturated heterocycles. The van der Waals surface area contributed by atoms with Crippen molar-refractivity contribution in [2.75, 3.05) is 13.2 Å². The van der Waals surface area contributed by atoms with Crippen molar-refractivity contribution in [3.8, 4) is 0 Å². The van der Waals surface area contributed by atoms with Gasteiger partial charge in [0.1, 0.15) is 0 Å². The quantitative estimate of drug-likeness (QED) is 0.177. The third-order valence-electron chi connectivity index (χ3n) is 4.58. The topological polar surface area (TPSA) is 18.5 Å². The molecular formula is C25H48O2. The van der Waals surface area contributed by atoms with Crippen LogP contribution >= 0.6 is 0 Å². The first-order chi connectivity index (χ1) is 13.0. The van der Waals surface area contributed by atoms with Crippen LogP contribution in [-0.2, 0) is 9.47 Å². The lowest BCUT2D eigenvalue weighted by atomic mass is 10.1. The highest BCUT2D eigenvalue weighted by Crippen LogP contribution is 2.14. The molecule has 0 spiro atoms. The van der Waals surface area contributed by atoms with Gasteiger partial charge in [0.05, 0.1) is 18.3 Å². The molecule has 0 aromatic rings. The Kier molecular flexibility index (Phi) is 18.3. The van der Waals surface area contributed by atoms with E-state index < -0.39 is 0 Å². The molecule has 0 aliphatic heterocycles. The standard InChI is InChI=1S/C25H48O2/c1-6-8-9-10-11-12-13-14-15-16-17-18-19-20-21-22-24(26-7-2)23-27-25(3,4)5/h11-12,14-15,24H,6-10,13,16-23H2,1-5H3/b12-11-,15-14-. The van der Waals surface area contributed by atoms with Crippen LogP contribution in [0.1, 0.15) is 112 Å². The van der Waals surface area contributed by atoms with Crippen LogP contribution in [0.4, 0.5) is 0 Å². The lowest BCUT2D eigenvalue weighted by Gasteiger charge is -2.24. The molecule has 0 radical (unpaired) electrons. The van der Waals surface area contributed by atoms with Crippen LogP contribution in [0.5, 0.6) is 0 Å². The van der Waals surface area contributed by atoms with E-state index in [1.807, 2.05) is 0 Å². The Morgan fingerprint density at radius 3 is 1.93 bits per heavy atom. The number of hydrogen-bond donors (Lipinski definition) is 0. The van der Waals surface area contributed by atoms with E-state index in [2.05, 4.69) is 58.9 Å². The fourth-order valence-corrected chi connectivity index (χ4v) is 2.98. The lowest BCUT2D eigenvalue weighted by Crippen LogP contribution is -2.28. The van der Waals surface area contributed by atoms with Crippen molar-refractivity contribution < 1.29 is 9.47 Å². The van der Waals surface area contributed by atoms with Crippen molar-refractivity contribution in [3.05, 3.63) is 24.3 Å². The van der Waals surface area contributed by atoms with Gasteiger partial charge >= 0.3 is 0 Å². The number of ether oxygens (including phenoxy) is 2. The van der Waals surface area contributed by atoms with Crippen molar-refractivity contribution in [2.45, 2.75) is 123 Å². The number of allylic oxidation sites excluding steroid dienone is 4. The van der Waals surface area contributed by atoms with Crippen LogP contribution in [0, 0.1) is 0 Å². The highest BCUT2D eigenvalue weighted by atomic mass is 16.5. The van der Waals surface area contributed by atoms with Crippen LogP contribution in [0.25, 0.3) is 0 Å². The fourth-order valence-electron chi connectivity index (χ4n) is 2.98. The molecular weight excluding hydrogens is 332 g/mol. The Morgan fingerprint density at radius 1 is 0.741 bits per heavy atom. The summed E-state index contributed by atoms with van der Waals surface area (Å²) in [6.07, 6.45) is 24.8. The third-order valence-corrected chi connectivity index (χ3v) is 4.58. The van der Waals surface area contributed by atoms with Crippen LogP contribution in [0.15, 0.2) is 24.3 Å². The van der Waals surface area contributed by atoms with E-state index in [0.29, 0.717) is 0 Å². The van der Waals surface area contributed by atoms with E-state index in [4.69, 9.17) is 9.47 Å². The molecule has 0 amide bonds. The molecule has 0 aliphatic rings. The van der Waals surface area contributed by atoms with Crippen molar-refractivity contribution in [3.63, 3.8) is 0 Å². The lowest BCUT2D eigenvalue weighted by molar-refractivity contribution is -0.0729. The molecule has 0 bridgehead atoms. The van der Waals surface area contributed by atoms with Gasteiger partial charge < -0.3 is 9.47 Å². The monoisotopic (exact) mass is 380 g/mol. The predicted octanol–water partition coefficient (Wildman–Crippen LogP) is 8.02. The zero-order valence-electron chi connectivity index (χ0n) is 19.1. The number of rotatable bonds is 18. The van der Waals surface area contributed by atoms with Crippen molar-refractivity contribution >= 4 is 0 Å². The molecule has 0 rings (SSSR count). The highest BCUT2D eigenvalue weighted by molar-refractivity contribution is 4.92. The van der Waals surface area contributed by atoms with Gasteiger partial charge in [0, 0.05) is 6.61 Å². The molecule has 27 heavy (non-hydrogen) atoms. The maximum Gasteiger partial charge on any atom is 0.0808 e. The van der Waals surface area contributed by atoms with E-state index in [-0.39, 0.29) is 11.7 Å². The Morgan fingerprint density at radius 2 is 1.33 bits per heavy atom. The molecule has 1 unspecified atom stereocenters. The summed E-state index contributed by atoms with van der Waals surface area (Å²) in [7, 11) is 0. The largest absolute Gasteiger partial charge is 0.376 e. The van der Waals surface area contributed by atoms with E-state index >= 15 is 0 Å². The van der Waals surface area contributed by atoms with Crippen molar-refractivity contribution in [1.82, 2.24) is 0 Å².